The fourth-order valence-corrected chi connectivity index (χ4v) is 4.51. The van der Waals surface area contributed by atoms with E-state index >= 15 is 0 Å². The van der Waals surface area contributed by atoms with E-state index in [4.69, 9.17) is 8.22 Å². The number of aromatic nitrogens is 2. The van der Waals surface area contributed by atoms with Gasteiger partial charge in [0.1, 0.15) is 5.69 Å². The Bertz CT molecular complexity index is 1810. The van der Waals surface area contributed by atoms with Crippen molar-refractivity contribution in [2.75, 3.05) is 0 Å². The smallest absolute Gasteiger partial charge is 0.232 e. The second kappa shape index (κ2) is 8.69. The van der Waals surface area contributed by atoms with E-state index in [0.29, 0.717) is 5.56 Å². The van der Waals surface area contributed by atoms with Crippen LogP contribution in [0.1, 0.15) is 37.4 Å². The lowest BCUT2D eigenvalue weighted by Crippen LogP contribution is -2.25. The van der Waals surface area contributed by atoms with Crippen molar-refractivity contribution >= 4 is 11.0 Å². The molecule has 0 radical (unpaired) electrons. The fourth-order valence-electron chi connectivity index (χ4n) is 4.51. The van der Waals surface area contributed by atoms with E-state index in [-0.39, 0.29) is 11.1 Å². The molecule has 1 heterocycles. The minimum atomic E-state index is -2.30. The van der Waals surface area contributed by atoms with Crippen LogP contribution in [0.4, 0.5) is 0 Å². The molecule has 5 aromatic rings. The monoisotopic (exact) mass is 447 g/mol. The summed E-state index contributed by atoms with van der Waals surface area (Å²) in [6.07, 6.45) is 1.95. The molecule has 0 amide bonds. The molecule has 2 nitrogen and oxygen atoms in total. The highest BCUT2D eigenvalue weighted by Gasteiger charge is 2.16. The van der Waals surface area contributed by atoms with Gasteiger partial charge < -0.3 is 0 Å². The molecule has 0 N–H and O–H groups in total. The van der Waals surface area contributed by atoms with Crippen molar-refractivity contribution in [3.8, 4) is 39.8 Å². The summed E-state index contributed by atoms with van der Waals surface area (Å²) in [5.74, 6) is 5.85. The highest BCUT2D eigenvalue weighted by Crippen LogP contribution is 2.31. The fraction of sp³-hybridized carbons (Fsp3) is 0.156. The van der Waals surface area contributed by atoms with Crippen molar-refractivity contribution in [1.29, 1.82) is 0 Å². The van der Waals surface area contributed by atoms with Gasteiger partial charge >= 0.3 is 0 Å². The van der Waals surface area contributed by atoms with E-state index in [0.717, 1.165) is 44.5 Å². The molecule has 0 aliphatic carbocycles. The van der Waals surface area contributed by atoms with Crippen LogP contribution in [-0.2, 0) is 7.05 Å². The van der Waals surface area contributed by atoms with Gasteiger partial charge in [0.25, 0.3) is 0 Å². The number of aryl methyl sites for hydroxylation is 4. The van der Waals surface area contributed by atoms with E-state index < -0.39 is 13.7 Å². The van der Waals surface area contributed by atoms with Crippen LogP contribution in [0.25, 0.3) is 39.0 Å². The number of imidazole rings is 1. The number of hydrogen-bond donors (Lipinski definition) is 0. The Morgan fingerprint density at radius 2 is 1.41 bits per heavy atom. The number of benzene rings is 4. The topological polar surface area (TPSA) is 8.81 Å². The van der Waals surface area contributed by atoms with Crippen LogP contribution >= 0.6 is 0 Å². The summed E-state index contributed by atoms with van der Waals surface area (Å²) in [6, 6.07) is 24.6. The Balaban J connectivity index is 1.72. The molecule has 5 rings (SSSR count). The molecule has 2 heteroatoms. The van der Waals surface area contributed by atoms with Crippen molar-refractivity contribution < 1.29 is 12.8 Å². The van der Waals surface area contributed by atoms with E-state index in [9.17, 15) is 0 Å². The summed E-state index contributed by atoms with van der Waals surface area (Å²) in [5.41, 5.74) is 7.98. The minimum absolute atomic E-state index is 0.227. The molecule has 166 valence electrons. The number of para-hydroxylation sites is 2. The van der Waals surface area contributed by atoms with Gasteiger partial charge in [-0.25, -0.2) is 4.57 Å². The Labute approximate surface area is 210 Å². The van der Waals surface area contributed by atoms with Crippen LogP contribution in [0.5, 0.6) is 0 Å². The molecule has 0 saturated carbocycles. The molecule has 0 aliphatic heterocycles. The quantitative estimate of drug-likeness (QED) is 0.206. The van der Waals surface area contributed by atoms with Gasteiger partial charge in [-0.15, -0.1) is 5.92 Å². The average molecular weight is 448 g/mol. The molecule has 4 aromatic carbocycles. The maximum absolute atomic E-state index is 8.18. The summed E-state index contributed by atoms with van der Waals surface area (Å²) < 4.78 is 52.4. The molecule has 0 unspecified atom stereocenters. The van der Waals surface area contributed by atoms with E-state index in [1.807, 2.05) is 84.0 Å². The number of rotatable bonds is 3. The first-order valence-electron chi connectivity index (χ1n) is 14.2. The average Bonchev–Trinajstić information content (AvgIpc) is 3.23. The Morgan fingerprint density at radius 3 is 2.15 bits per heavy atom. The summed E-state index contributed by atoms with van der Waals surface area (Å²) in [5, 5.41) is 0. The summed E-state index contributed by atoms with van der Waals surface area (Å²) in [7, 11) is 1.96. The Morgan fingerprint density at radius 1 is 0.765 bits per heavy atom. The van der Waals surface area contributed by atoms with E-state index in [2.05, 4.69) is 11.8 Å². The standard InChI is InChI=1S/C32H29N2/c1-6-9-25-12-22(2)13-26(18-25)27-14-23(3)15-28(19-27)29-16-24(4)17-30(20-29)34-21-33(5)31-10-7-8-11-32(31)34/h7-8,10-21H,1-5H3/q+1/i2D3,4D3. The SMILES string of the molecule is [2H]C([2H])([2H])c1cc(C#CC)cc(-c2cc(C)cc(-c3cc(-n4c[n+](C)c5ccccc54)cc(C([2H])([2H])[2H])c3)c2)c1. The van der Waals surface area contributed by atoms with Gasteiger partial charge in [0.05, 0.1) is 7.05 Å². The molecule has 0 spiro atoms. The Hall–Kier alpha value is -4.09. The third kappa shape index (κ3) is 4.14. The third-order valence-electron chi connectivity index (χ3n) is 5.95. The molecule has 0 bridgehead atoms. The van der Waals surface area contributed by atoms with Crippen molar-refractivity contribution in [2.45, 2.75) is 27.6 Å². The van der Waals surface area contributed by atoms with Crippen molar-refractivity contribution in [3.05, 3.63) is 107 Å². The maximum Gasteiger partial charge on any atom is 0.249 e. The molecule has 0 aliphatic rings. The zero-order valence-corrected chi connectivity index (χ0v) is 19.5. The highest BCUT2D eigenvalue weighted by molar-refractivity contribution is 5.78. The van der Waals surface area contributed by atoms with Crippen LogP contribution in [0, 0.1) is 32.5 Å². The number of nitrogens with zero attached hydrogens (tertiary/aromatic N) is 2. The van der Waals surface area contributed by atoms with Gasteiger partial charge in [-0.2, -0.15) is 4.57 Å². The summed E-state index contributed by atoms with van der Waals surface area (Å²) in [6.45, 7) is -0.882. The lowest BCUT2D eigenvalue weighted by molar-refractivity contribution is -0.645. The van der Waals surface area contributed by atoms with Crippen LogP contribution in [0.15, 0.2) is 85.2 Å². The van der Waals surface area contributed by atoms with Crippen LogP contribution in [-0.4, -0.2) is 4.57 Å². The van der Waals surface area contributed by atoms with Gasteiger partial charge in [0, 0.05) is 13.8 Å². The lowest BCUT2D eigenvalue weighted by Gasteiger charge is -2.11. The van der Waals surface area contributed by atoms with Gasteiger partial charge in [0.2, 0.25) is 6.33 Å². The second-order valence-electron chi connectivity index (χ2n) is 8.62. The second-order valence-corrected chi connectivity index (χ2v) is 8.62. The van der Waals surface area contributed by atoms with E-state index in [1.54, 1.807) is 31.2 Å². The first kappa shape index (κ1) is 15.7. The predicted octanol–water partition coefficient (Wildman–Crippen LogP) is 7.09. The van der Waals surface area contributed by atoms with Crippen LogP contribution < -0.4 is 4.57 Å². The molecule has 34 heavy (non-hydrogen) atoms. The zero-order valence-electron chi connectivity index (χ0n) is 25.5. The number of fused-ring (bicyclic) bond motifs is 1. The highest BCUT2D eigenvalue weighted by atomic mass is 15.1. The minimum Gasteiger partial charge on any atom is -0.232 e. The first-order chi connectivity index (χ1) is 18.8. The third-order valence-corrected chi connectivity index (χ3v) is 5.95. The van der Waals surface area contributed by atoms with Crippen molar-refractivity contribution in [3.63, 3.8) is 0 Å². The van der Waals surface area contributed by atoms with Crippen molar-refractivity contribution in [2.24, 2.45) is 7.05 Å². The van der Waals surface area contributed by atoms with Gasteiger partial charge in [-0.05, 0) is 109 Å². The molecular weight excluding hydrogens is 412 g/mol. The summed E-state index contributed by atoms with van der Waals surface area (Å²) >= 11 is 0. The normalized spacial score (nSPS) is 14.2. The molecule has 0 fully saturated rings. The first-order valence-corrected chi connectivity index (χ1v) is 11.2. The van der Waals surface area contributed by atoms with Gasteiger partial charge in [0.15, 0.2) is 11.0 Å². The van der Waals surface area contributed by atoms with E-state index in [1.165, 1.54) is 0 Å². The lowest BCUT2D eigenvalue weighted by atomic mass is 9.94. The van der Waals surface area contributed by atoms with Crippen LogP contribution in [0.3, 0.4) is 0 Å². The van der Waals surface area contributed by atoms with Crippen LogP contribution in [0.2, 0.25) is 0 Å². The molecular formula is C32H29N2+. The Kier molecular flexibility index (Phi) is 4.01. The molecule has 1 aromatic heterocycles. The van der Waals surface area contributed by atoms with Gasteiger partial charge in [-0.3, -0.25) is 0 Å². The largest absolute Gasteiger partial charge is 0.249 e. The van der Waals surface area contributed by atoms with Gasteiger partial charge in [-0.1, -0.05) is 42.3 Å². The molecule has 0 saturated heterocycles. The molecule has 0 atom stereocenters. The van der Waals surface area contributed by atoms with Crippen molar-refractivity contribution in [1.82, 2.24) is 4.57 Å². The predicted molar refractivity (Wildman–Crippen MR) is 142 cm³/mol. The zero-order chi connectivity index (χ0) is 28.8. The maximum atomic E-state index is 8.18. The summed E-state index contributed by atoms with van der Waals surface area (Å²) in [4.78, 5) is 0. The number of hydrogen-bond acceptors (Lipinski definition) is 0.